The molecule has 0 amide bonds. The van der Waals surface area contributed by atoms with Crippen LogP contribution < -0.4 is 0 Å². The van der Waals surface area contributed by atoms with Crippen LogP contribution in [0.3, 0.4) is 0 Å². The number of ether oxygens (including phenoxy) is 1. The lowest BCUT2D eigenvalue weighted by atomic mass is 9.98. The lowest BCUT2D eigenvalue weighted by molar-refractivity contribution is -0.151. The van der Waals surface area contributed by atoms with E-state index in [9.17, 15) is 9.59 Å². The van der Waals surface area contributed by atoms with Crippen LogP contribution in [0.1, 0.15) is 26.7 Å². The van der Waals surface area contributed by atoms with Gasteiger partial charge in [-0.1, -0.05) is 6.92 Å². The second-order valence-corrected chi connectivity index (χ2v) is 3.21. The molecule has 0 aromatic carbocycles. The number of Topliss-reactive ketones (excluding diaryl/α,β-unsaturated/α-hetero) is 1. The zero-order valence-corrected chi connectivity index (χ0v) is 7.50. The summed E-state index contributed by atoms with van der Waals surface area (Å²) in [6.07, 6.45) is 1.35. The zero-order valence-electron chi connectivity index (χ0n) is 7.50. The maximum atomic E-state index is 11.2. The fraction of sp³-hybridized carbons (Fsp3) is 0.778. The Morgan fingerprint density at radius 3 is 2.75 bits per heavy atom. The summed E-state index contributed by atoms with van der Waals surface area (Å²) in [6.45, 7) is 4.03. The van der Waals surface area contributed by atoms with Crippen LogP contribution in [-0.2, 0) is 14.3 Å². The molecule has 3 heteroatoms. The Morgan fingerprint density at radius 2 is 2.33 bits per heavy atom. The Hall–Kier alpha value is -0.860. The van der Waals surface area contributed by atoms with E-state index in [2.05, 4.69) is 0 Å². The van der Waals surface area contributed by atoms with Crippen LogP contribution in [0.15, 0.2) is 0 Å². The number of carbonyl (C=O) groups is 2. The van der Waals surface area contributed by atoms with Crippen molar-refractivity contribution >= 4 is 11.8 Å². The molecule has 0 radical (unpaired) electrons. The standard InChI is InChI=1S/C9H14O3/c1-3-12-9(11)8-6(2)4-5-7(8)10/h6,8H,3-5H2,1-2H3/t6-,8+/m1/s1. The lowest BCUT2D eigenvalue weighted by Crippen LogP contribution is -2.25. The van der Waals surface area contributed by atoms with Crippen LogP contribution in [0.25, 0.3) is 0 Å². The first kappa shape index (κ1) is 9.23. The summed E-state index contributed by atoms with van der Waals surface area (Å²) >= 11 is 0. The van der Waals surface area contributed by atoms with Gasteiger partial charge in [0.1, 0.15) is 11.7 Å². The highest BCUT2D eigenvalue weighted by molar-refractivity contribution is 6.00. The van der Waals surface area contributed by atoms with Crippen LogP contribution in [-0.4, -0.2) is 18.4 Å². The van der Waals surface area contributed by atoms with Gasteiger partial charge in [0.25, 0.3) is 0 Å². The van der Waals surface area contributed by atoms with Crippen LogP contribution in [0.5, 0.6) is 0 Å². The molecule has 0 bridgehead atoms. The number of ketones is 1. The SMILES string of the molecule is CCOC(=O)[C@@H]1C(=O)CC[C@H]1C. The normalized spacial score (nSPS) is 29.0. The third kappa shape index (κ3) is 1.65. The van der Waals surface area contributed by atoms with Gasteiger partial charge in [-0.2, -0.15) is 0 Å². The van der Waals surface area contributed by atoms with Crippen molar-refractivity contribution in [2.45, 2.75) is 26.7 Å². The van der Waals surface area contributed by atoms with Crippen LogP contribution in [0.2, 0.25) is 0 Å². The molecule has 0 aromatic heterocycles. The zero-order chi connectivity index (χ0) is 9.14. The summed E-state index contributed by atoms with van der Waals surface area (Å²) in [6, 6.07) is 0. The summed E-state index contributed by atoms with van der Waals surface area (Å²) in [5, 5.41) is 0. The van der Waals surface area contributed by atoms with Gasteiger partial charge in [0.05, 0.1) is 6.61 Å². The second kappa shape index (κ2) is 3.70. The third-order valence-corrected chi connectivity index (χ3v) is 2.30. The van der Waals surface area contributed by atoms with E-state index in [1.807, 2.05) is 6.92 Å². The molecule has 1 aliphatic carbocycles. The van der Waals surface area contributed by atoms with E-state index in [1.54, 1.807) is 6.92 Å². The number of rotatable bonds is 2. The first-order valence-electron chi connectivity index (χ1n) is 4.36. The summed E-state index contributed by atoms with van der Waals surface area (Å²) in [5.74, 6) is -0.616. The van der Waals surface area contributed by atoms with Crippen molar-refractivity contribution in [1.29, 1.82) is 0 Å². The highest BCUT2D eigenvalue weighted by Crippen LogP contribution is 2.28. The van der Waals surface area contributed by atoms with Crippen molar-refractivity contribution < 1.29 is 14.3 Å². The molecule has 3 nitrogen and oxygen atoms in total. The summed E-state index contributed by atoms with van der Waals surface area (Å²) in [5.41, 5.74) is 0. The molecule has 1 rings (SSSR count). The van der Waals surface area contributed by atoms with Gasteiger partial charge in [0.15, 0.2) is 0 Å². The second-order valence-electron chi connectivity index (χ2n) is 3.21. The highest BCUT2D eigenvalue weighted by atomic mass is 16.5. The minimum atomic E-state index is -0.482. The Balaban J connectivity index is 2.59. The Labute approximate surface area is 72.1 Å². The van der Waals surface area contributed by atoms with E-state index in [-0.39, 0.29) is 17.7 Å². The number of esters is 1. The van der Waals surface area contributed by atoms with Crippen molar-refractivity contribution in [3.8, 4) is 0 Å². The number of hydrogen-bond donors (Lipinski definition) is 0. The molecule has 68 valence electrons. The van der Waals surface area contributed by atoms with E-state index in [4.69, 9.17) is 4.74 Å². The number of hydrogen-bond acceptors (Lipinski definition) is 3. The summed E-state index contributed by atoms with van der Waals surface area (Å²) in [4.78, 5) is 22.4. The van der Waals surface area contributed by atoms with Crippen LogP contribution >= 0.6 is 0 Å². The molecule has 2 atom stereocenters. The fourth-order valence-corrected chi connectivity index (χ4v) is 1.61. The Morgan fingerprint density at radius 1 is 1.67 bits per heavy atom. The van der Waals surface area contributed by atoms with Crippen molar-refractivity contribution in [3.63, 3.8) is 0 Å². The molecule has 0 unspecified atom stereocenters. The van der Waals surface area contributed by atoms with Gasteiger partial charge < -0.3 is 4.74 Å². The predicted octanol–water partition coefficient (Wildman–Crippen LogP) is 1.16. The van der Waals surface area contributed by atoms with Crippen LogP contribution in [0, 0.1) is 11.8 Å². The molecule has 1 saturated carbocycles. The van der Waals surface area contributed by atoms with E-state index in [0.717, 1.165) is 6.42 Å². The van der Waals surface area contributed by atoms with E-state index >= 15 is 0 Å². The third-order valence-electron chi connectivity index (χ3n) is 2.30. The predicted molar refractivity (Wildman–Crippen MR) is 43.5 cm³/mol. The average molecular weight is 170 g/mol. The van der Waals surface area contributed by atoms with E-state index in [1.165, 1.54) is 0 Å². The maximum Gasteiger partial charge on any atom is 0.316 e. The van der Waals surface area contributed by atoms with Crippen molar-refractivity contribution in [2.24, 2.45) is 11.8 Å². The van der Waals surface area contributed by atoms with Gasteiger partial charge in [-0.25, -0.2) is 0 Å². The van der Waals surface area contributed by atoms with Gasteiger partial charge >= 0.3 is 5.97 Å². The highest BCUT2D eigenvalue weighted by Gasteiger charge is 2.38. The van der Waals surface area contributed by atoms with Crippen LogP contribution in [0.4, 0.5) is 0 Å². The fourth-order valence-electron chi connectivity index (χ4n) is 1.61. The van der Waals surface area contributed by atoms with Crippen molar-refractivity contribution in [2.75, 3.05) is 6.61 Å². The first-order valence-corrected chi connectivity index (χ1v) is 4.36. The van der Waals surface area contributed by atoms with Gasteiger partial charge in [-0.05, 0) is 19.3 Å². The quantitative estimate of drug-likeness (QED) is 0.461. The van der Waals surface area contributed by atoms with Gasteiger partial charge in [0.2, 0.25) is 0 Å². The smallest absolute Gasteiger partial charge is 0.316 e. The molecule has 1 fully saturated rings. The molecule has 0 heterocycles. The molecule has 0 spiro atoms. The number of carbonyl (C=O) groups excluding carboxylic acids is 2. The van der Waals surface area contributed by atoms with E-state index < -0.39 is 5.92 Å². The van der Waals surface area contributed by atoms with Gasteiger partial charge in [0, 0.05) is 6.42 Å². The van der Waals surface area contributed by atoms with Crippen molar-refractivity contribution in [1.82, 2.24) is 0 Å². The molecular formula is C9H14O3. The Bertz CT molecular complexity index is 198. The van der Waals surface area contributed by atoms with Gasteiger partial charge in [-0.15, -0.1) is 0 Å². The minimum Gasteiger partial charge on any atom is -0.465 e. The molecule has 0 aromatic rings. The molecule has 12 heavy (non-hydrogen) atoms. The molecule has 0 saturated heterocycles. The molecular weight excluding hydrogens is 156 g/mol. The molecule has 1 aliphatic rings. The largest absolute Gasteiger partial charge is 0.465 e. The maximum absolute atomic E-state index is 11.2. The summed E-state index contributed by atoms with van der Waals surface area (Å²) in [7, 11) is 0. The monoisotopic (exact) mass is 170 g/mol. The lowest BCUT2D eigenvalue weighted by Gasteiger charge is -2.11. The first-order chi connectivity index (χ1) is 5.66. The molecule has 0 N–H and O–H groups in total. The average Bonchev–Trinajstić information content (AvgIpc) is 2.32. The topological polar surface area (TPSA) is 43.4 Å². The summed E-state index contributed by atoms with van der Waals surface area (Å²) < 4.78 is 4.81. The minimum absolute atomic E-state index is 0.0425. The van der Waals surface area contributed by atoms with Crippen molar-refractivity contribution in [3.05, 3.63) is 0 Å². The van der Waals surface area contributed by atoms with E-state index in [0.29, 0.717) is 13.0 Å². The van der Waals surface area contributed by atoms with Gasteiger partial charge in [-0.3, -0.25) is 9.59 Å². The Kier molecular flexibility index (Phi) is 2.84. The molecule has 0 aliphatic heterocycles.